The lowest BCUT2D eigenvalue weighted by Gasteiger charge is -2.37. The SMILES string of the molecule is COc1cccc(N2C(=O)[C@@H]3Cc4c([nH]c5ccccc45)[C@H](c4ccccc4)N3C2=S)c1. The third-order valence-electron chi connectivity index (χ3n) is 6.48. The molecule has 158 valence electrons. The molecule has 1 saturated heterocycles. The Hall–Kier alpha value is -3.64. The van der Waals surface area contributed by atoms with Crippen molar-refractivity contribution in [3.8, 4) is 5.75 Å². The van der Waals surface area contributed by atoms with Crippen molar-refractivity contribution in [2.75, 3.05) is 12.0 Å². The van der Waals surface area contributed by atoms with Gasteiger partial charge in [0.15, 0.2) is 5.11 Å². The van der Waals surface area contributed by atoms with E-state index in [1.54, 1.807) is 12.0 Å². The summed E-state index contributed by atoms with van der Waals surface area (Å²) in [5, 5.41) is 1.69. The topological polar surface area (TPSA) is 48.6 Å². The molecule has 32 heavy (non-hydrogen) atoms. The Morgan fingerprint density at radius 3 is 2.59 bits per heavy atom. The van der Waals surface area contributed by atoms with Crippen molar-refractivity contribution in [3.05, 3.63) is 95.7 Å². The van der Waals surface area contributed by atoms with Crippen molar-refractivity contribution in [2.45, 2.75) is 18.5 Å². The van der Waals surface area contributed by atoms with E-state index in [0.29, 0.717) is 17.3 Å². The Bertz CT molecular complexity index is 1360. The number of thiocarbonyl (C=S) groups is 1. The number of aromatic nitrogens is 1. The maximum atomic E-state index is 13.7. The second kappa shape index (κ2) is 7.21. The van der Waals surface area contributed by atoms with E-state index in [4.69, 9.17) is 17.0 Å². The highest BCUT2D eigenvalue weighted by molar-refractivity contribution is 7.80. The molecular formula is C26H21N3O2S. The summed E-state index contributed by atoms with van der Waals surface area (Å²) in [5.74, 6) is 0.693. The van der Waals surface area contributed by atoms with E-state index in [1.165, 1.54) is 10.9 Å². The van der Waals surface area contributed by atoms with E-state index in [9.17, 15) is 4.79 Å². The molecule has 3 heterocycles. The van der Waals surface area contributed by atoms with Crippen molar-refractivity contribution in [2.24, 2.45) is 0 Å². The van der Waals surface area contributed by atoms with Gasteiger partial charge < -0.3 is 14.6 Å². The van der Waals surface area contributed by atoms with Crippen LogP contribution < -0.4 is 9.64 Å². The number of aromatic amines is 1. The van der Waals surface area contributed by atoms with Crippen LogP contribution in [0.15, 0.2) is 78.9 Å². The summed E-state index contributed by atoms with van der Waals surface area (Å²) in [6.07, 6.45) is 0.613. The van der Waals surface area contributed by atoms with Crippen LogP contribution in [0.1, 0.15) is 22.9 Å². The van der Waals surface area contributed by atoms with Gasteiger partial charge >= 0.3 is 0 Å². The second-order valence-corrected chi connectivity index (χ2v) is 8.53. The van der Waals surface area contributed by atoms with Crippen molar-refractivity contribution in [1.82, 2.24) is 9.88 Å². The average molecular weight is 440 g/mol. The minimum Gasteiger partial charge on any atom is -0.497 e. The molecule has 4 aromatic rings. The van der Waals surface area contributed by atoms with E-state index >= 15 is 0 Å². The Kier molecular flexibility index (Phi) is 4.30. The standard InChI is InChI=1S/C26H21N3O2S/c1-31-18-11-7-10-17(14-18)28-25(30)22-15-20-19-12-5-6-13-21(19)27-23(20)24(29(22)26(28)32)16-8-3-2-4-9-16/h2-14,22,24,27H,15H2,1H3/t22-,24-/m0/s1. The summed E-state index contributed by atoms with van der Waals surface area (Å²) in [6, 6.07) is 25.5. The third kappa shape index (κ3) is 2.69. The average Bonchev–Trinajstić information content (AvgIpc) is 3.33. The zero-order valence-corrected chi connectivity index (χ0v) is 18.3. The van der Waals surface area contributed by atoms with E-state index in [-0.39, 0.29) is 18.0 Å². The number of benzene rings is 3. The number of methoxy groups -OCH3 is 1. The summed E-state index contributed by atoms with van der Waals surface area (Å²) >= 11 is 5.94. The van der Waals surface area contributed by atoms with Crippen LogP contribution in [-0.2, 0) is 11.2 Å². The molecule has 1 amide bonds. The smallest absolute Gasteiger partial charge is 0.256 e. The summed E-state index contributed by atoms with van der Waals surface area (Å²) in [7, 11) is 1.62. The fourth-order valence-corrected chi connectivity index (χ4v) is 5.47. The molecule has 0 unspecified atom stereocenters. The molecular weight excluding hydrogens is 418 g/mol. The van der Waals surface area contributed by atoms with Gasteiger partial charge in [-0.2, -0.15) is 0 Å². The predicted molar refractivity (Wildman–Crippen MR) is 129 cm³/mol. The zero-order valence-electron chi connectivity index (χ0n) is 17.5. The number of amides is 1. The highest BCUT2D eigenvalue weighted by atomic mass is 32.1. The minimum atomic E-state index is -0.356. The molecule has 1 aromatic heterocycles. The number of anilines is 1. The number of carbonyl (C=O) groups is 1. The minimum absolute atomic E-state index is 0.000107. The first-order valence-electron chi connectivity index (χ1n) is 10.6. The zero-order chi connectivity index (χ0) is 21.8. The number of hydrogen-bond donors (Lipinski definition) is 1. The first-order chi connectivity index (χ1) is 15.7. The van der Waals surface area contributed by atoms with Crippen molar-refractivity contribution < 1.29 is 9.53 Å². The maximum absolute atomic E-state index is 13.7. The van der Waals surface area contributed by atoms with Gasteiger partial charge in [-0.25, -0.2) is 0 Å². The molecule has 2 aliphatic rings. The molecule has 6 rings (SSSR count). The lowest BCUT2D eigenvalue weighted by atomic mass is 9.89. The molecule has 2 atom stereocenters. The molecule has 2 aliphatic heterocycles. The van der Waals surface area contributed by atoms with E-state index in [0.717, 1.165) is 22.5 Å². The number of rotatable bonds is 3. The van der Waals surface area contributed by atoms with Gasteiger partial charge in [-0.05, 0) is 41.5 Å². The van der Waals surface area contributed by atoms with Crippen LogP contribution in [0.25, 0.3) is 10.9 Å². The monoisotopic (exact) mass is 439 g/mol. The third-order valence-corrected chi connectivity index (χ3v) is 6.87. The summed E-state index contributed by atoms with van der Waals surface area (Å²) in [6.45, 7) is 0. The summed E-state index contributed by atoms with van der Waals surface area (Å²) < 4.78 is 5.38. The Morgan fingerprint density at radius 1 is 1.00 bits per heavy atom. The van der Waals surface area contributed by atoms with Gasteiger partial charge in [-0.3, -0.25) is 9.69 Å². The van der Waals surface area contributed by atoms with E-state index in [2.05, 4.69) is 34.1 Å². The van der Waals surface area contributed by atoms with Gasteiger partial charge in [-0.15, -0.1) is 0 Å². The largest absolute Gasteiger partial charge is 0.497 e. The molecule has 0 saturated carbocycles. The quantitative estimate of drug-likeness (QED) is 0.465. The highest BCUT2D eigenvalue weighted by Crippen LogP contribution is 2.45. The molecule has 1 N–H and O–H groups in total. The predicted octanol–water partition coefficient (Wildman–Crippen LogP) is 4.82. The van der Waals surface area contributed by atoms with Crippen LogP contribution in [0.4, 0.5) is 5.69 Å². The van der Waals surface area contributed by atoms with Crippen LogP contribution >= 0.6 is 12.2 Å². The molecule has 0 radical (unpaired) electrons. The summed E-state index contributed by atoms with van der Waals surface area (Å²) in [4.78, 5) is 21.1. The Morgan fingerprint density at radius 2 is 1.78 bits per heavy atom. The van der Waals surface area contributed by atoms with Gasteiger partial charge in [-0.1, -0.05) is 54.6 Å². The van der Waals surface area contributed by atoms with Gasteiger partial charge in [0.05, 0.1) is 18.8 Å². The van der Waals surface area contributed by atoms with Crippen LogP contribution in [0.5, 0.6) is 5.75 Å². The van der Waals surface area contributed by atoms with Gasteiger partial charge in [0.2, 0.25) is 0 Å². The number of H-pyrrole nitrogens is 1. The molecule has 0 spiro atoms. The second-order valence-electron chi connectivity index (χ2n) is 8.16. The lowest BCUT2D eigenvalue weighted by Crippen LogP contribution is -2.44. The molecule has 5 nitrogen and oxygen atoms in total. The fraction of sp³-hybridized carbons (Fsp3) is 0.154. The normalized spacial score (nSPS) is 19.9. The molecule has 6 heteroatoms. The highest BCUT2D eigenvalue weighted by Gasteiger charge is 2.50. The van der Waals surface area contributed by atoms with Crippen molar-refractivity contribution in [3.63, 3.8) is 0 Å². The molecule has 1 fully saturated rings. The first kappa shape index (κ1) is 19.1. The number of para-hydroxylation sites is 1. The van der Waals surface area contributed by atoms with Crippen LogP contribution in [-0.4, -0.2) is 34.1 Å². The number of ether oxygens (including phenoxy) is 1. The van der Waals surface area contributed by atoms with Crippen LogP contribution in [0.2, 0.25) is 0 Å². The Labute approximate surface area is 191 Å². The lowest BCUT2D eigenvalue weighted by molar-refractivity contribution is -0.120. The Balaban J connectivity index is 1.53. The fourth-order valence-electron chi connectivity index (χ4n) is 5.04. The van der Waals surface area contributed by atoms with Crippen LogP contribution in [0, 0.1) is 0 Å². The number of nitrogens with one attached hydrogen (secondary N) is 1. The molecule has 0 bridgehead atoms. The van der Waals surface area contributed by atoms with E-state index in [1.807, 2.05) is 54.6 Å². The number of nitrogens with zero attached hydrogens (tertiary/aromatic N) is 2. The number of hydrogen-bond acceptors (Lipinski definition) is 3. The van der Waals surface area contributed by atoms with Gasteiger partial charge in [0, 0.05) is 29.1 Å². The number of fused-ring (bicyclic) bond motifs is 4. The molecule has 3 aromatic carbocycles. The maximum Gasteiger partial charge on any atom is 0.256 e. The van der Waals surface area contributed by atoms with Gasteiger partial charge in [0.1, 0.15) is 11.8 Å². The number of carbonyl (C=O) groups excluding carboxylic acids is 1. The van der Waals surface area contributed by atoms with E-state index < -0.39 is 0 Å². The van der Waals surface area contributed by atoms with Crippen LogP contribution in [0.3, 0.4) is 0 Å². The summed E-state index contributed by atoms with van der Waals surface area (Å²) in [5.41, 5.74) is 5.22. The first-order valence-corrected chi connectivity index (χ1v) is 11.0. The van der Waals surface area contributed by atoms with Gasteiger partial charge in [0.25, 0.3) is 5.91 Å². The van der Waals surface area contributed by atoms with Crippen molar-refractivity contribution >= 4 is 39.8 Å². The molecule has 0 aliphatic carbocycles. The van der Waals surface area contributed by atoms with Crippen molar-refractivity contribution in [1.29, 1.82) is 0 Å².